The van der Waals surface area contributed by atoms with E-state index >= 15 is 0 Å². The van der Waals surface area contributed by atoms with Crippen LogP contribution in [0.5, 0.6) is 5.88 Å². The average molecular weight is 394 g/mol. The highest BCUT2D eigenvalue weighted by Crippen LogP contribution is 2.38. The van der Waals surface area contributed by atoms with Crippen LogP contribution in [0.3, 0.4) is 0 Å². The molecule has 1 atom stereocenters. The largest absolute Gasteiger partial charge is 0.475 e. The van der Waals surface area contributed by atoms with Gasteiger partial charge in [0.1, 0.15) is 12.2 Å². The third-order valence-corrected chi connectivity index (χ3v) is 5.13. The number of aromatic nitrogens is 4. The van der Waals surface area contributed by atoms with E-state index in [9.17, 15) is 4.79 Å². The van der Waals surface area contributed by atoms with Crippen LogP contribution < -0.4 is 15.1 Å². The number of amides is 1. The summed E-state index contributed by atoms with van der Waals surface area (Å²) in [6, 6.07) is 3.81. The predicted octanol–water partition coefficient (Wildman–Crippen LogP) is 2.22. The monoisotopic (exact) mass is 394 g/mol. The molecule has 0 unspecified atom stereocenters. The molecule has 0 saturated carbocycles. The standard InChI is InChI=1S/C20H22N6O3/c1-12-8-13-15-5-7-29-26(15)16-4-6-25-17(23-16)14(10-22-25)18(27)24-20(2,3)11-28-19(13)21-9-12/h4,6,8-10,15H,5,7,11H2,1-3H3,(H,24,27)/t15-/m0/s1. The number of fused-ring (bicyclic) bond motifs is 5. The molecule has 5 heterocycles. The van der Waals surface area contributed by atoms with E-state index in [1.54, 1.807) is 22.0 Å². The van der Waals surface area contributed by atoms with E-state index in [4.69, 9.17) is 14.6 Å². The number of nitrogens with zero attached hydrogens (tertiary/aromatic N) is 5. The van der Waals surface area contributed by atoms with E-state index in [1.165, 1.54) is 6.20 Å². The minimum absolute atomic E-state index is 0.0914. The van der Waals surface area contributed by atoms with Crippen LogP contribution in [0.4, 0.5) is 5.82 Å². The molecule has 1 saturated heterocycles. The van der Waals surface area contributed by atoms with Crippen LogP contribution in [0.2, 0.25) is 0 Å². The van der Waals surface area contributed by atoms with Crippen LogP contribution in [-0.4, -0.2) is 44.2 Å². The van der Waals surface area contributed by atoms with Crippen molar-refractivity contribution in [1.29, 1.82) is 0 Å². The van der Waals surface area contributed by atoms with Gasteiger partial charge >= 0.3 is 0 Å². The number of carbonyl (C=O) groups excluding carboxylic acids is 1. The van der Waals surface area contributed by atoms with Crippen molar-refractivity contribution in [3.63, 3.8) is 0 Å². The summed E-state index contributed by atoms with van der Waals surface area (Å²) in [5.74, 6) is 0.899. The number of pyridine rings is 1. The van der Waals surface area contributed by atoms with E-state index in [0.717, 1.165) is 17.5 Å². The summed E-state index contributed by atoms with van der Waals surface area (Å²) in [6.07, 6.45) is 5.87. The summed E-state index contributed by atoms with van der Waals surface area (Å²) in [6.45, 7) is 6.65. The van der Waals surface area contributed by atoms with E-state index in [-0.39, 0.29) is 18.6 Å². The van der Waals surface area contributed by atoms with Gasteiger partial charge in [-0.25, -0.2) is 19.5 Å². The van der Waals surface area contributed by atoms with Gasteiger partial charge in [0, 0.05) is 30.4 Å². The van der Waals surface area contributed by atoms with E-state index in [1.807, 2.05) is 26.8 Å². The molecule has 3 aromatic heterocycles. The molecule has 0 aromatic carbocycles. The fourth-order valence-electron chi connectivity index (χ4n) is 3.72. The summed E-state index contributed by atoms with van der Waals surface area (Å²) >= 11 is 0. The fourth-order valence-corrected chi connectivity index (χ4v) is 3.72. The number of hydrogen-bond donors (Lipinski definition) is 1. The molecule has 9 heteroatoms. The topological polar surface area (TPSA) is 93.9 Å². The van der Waals surface area contributed by atoms with E-state index < -0.39 is 5.54 Å². The molecule has 1 N–H and O–H groups in total. The number of aryl methyl sites for hydroxylation is 1. The Hall–Kier alpha value is -3.20. The molecule has 2 aliphatic rings. The average Bonchev–Trinajstić information content (AvgIpc) is 3.32. The molecular weight excluding hydrogens is 372 g/mol. The van der Waals surface area contributed by atoms with Crippen molar-refractivity contribution in [3.8, 4) is 5.88 Å². The maximum Gasteiger partial charge on any atom is 0.257 e. The Morgan fingerprint density at radius 1 is 1.31 bits per heavy atom. The molecule has 0 spiro atoms. The first-order valence-electron chi connectivity index (χ1n) is 9.60. The Morgan fingerprint density at radius 2 is 2.17 bits per heavy atom. The number of rotatable bonds is 0. The lowest BCUT2D eigenvalue weighted by Crippen LogP contribution is -2.48. The third-order valence-electron chi connectivity index (χ3n) is 5.13. The first-order valence-corrected chi connectivity index (χ1v) is 9.60. The lowest BCUT2D eigenvalue weighted by molar-refractivity contribution is 0.0879. The third kappa shape index (κ3) is 3.07. The maximum atomic E-state index is 12.9. The molecule has 29 heavy (non-hydrogen) atoms. The summed E-state index contributed by atoms with van der Waals surface area (Å²) < 4.78 is 7.68. The van der Waals surface area contributed by atoms with Crippen LogP contribution in [0, 0.1) is 6.92 Å². The number of nitrogens with one attached hydrogen (secondary N) is 1. The van der Waals surface area contributed by atoms with Gasteiger partial charge in [0.05, 0.1) is 24.4 Å². The van der Waals surface area contributed by atoms with Gasteiger partial charge < -0.3 is 10.1 Å². The second-order valence-electron chi connectivity index (χ2n) is 8.11. The Morgan fingerprint density at radius 3 is 3.03 bits per heavy atom. The normalized spacial score (nSPS) is 20.9. The molecule has 3 aromatic rings. The van der Waals surface area contributed by atoms with Crippen molar-refractivity contribution < 1.29 is 14.4 Å². The van der Waals surface area contributed by atoms with Gasteiger partial charge in [0.2, 0.25) is 5.88 Å². The number of carbonyl (C=O) groups is 1. The zero-order valence-corrected chi connectivity index (χ0v) is 16.5. The molecule has 5 rings (SSSR count). The summed E-state index contributed by atoms with van der Waals surface area (Å²) in [5.41, 5.74) is 2.25. The lowest BCUT2D eigenvalue weighted by atomic mass is 10.0. The fraction of sp³-hybridized carbons (Fsp3) is 0.400. The van der Waals surface area contributed by atoms with Gasteiger partial charge in [-0.2, -0.15) is 5.10 Å². The zero-order valence-electron chi connectivity index (χ0n) is 16.5. The van der Waals surface area contributed by atoms with Crippen molar-refractivity contribution >= 4 is 17.4 Å². The quantitative estimate of drug-likeness (QED) is 0.625. The first-order chi connectivity index (χ1) is 13.9. The number of ether oxygens (including phenoxy) is 1. The van der Waals surface area contributed by atoms with Gasteiger partial charge in [0.15, 0.2) is 11.5 Å². The molecule has 2 aliphatic heterocycles. The second-order valence-corrected chi connectivity index (χ2v) is 8.11. The van der Waals surface area contributed by atoms with Gasteiger partial charge in [-0.05, 0) is 32.4 Å². The van der Waals surface area contributed by atoms with Crippen LogP contribution >= 0.6 is 0 Å². The highest BCUT2D eigenvalue weighted by Gasteiger charge is 2.34. The molecule has 9 nitrogen and oxygen atoms in total. The van der Waals surface area contributed by atoms with Crippen LogP contribution in [0.25, 0.3) is 5.65 Å². The predicted molar refractivity (Wildman–Crippen MR) is 105 cm³/mol. The van der Waals surface area contributed by atoms with E-state index in [0.29, 0.717) is 29.5 Å². The van der Waals surface area contributed by atoms with E-state index in [2.05, 4.69) is 21.5 Å². The molecule has 1 amide bonds. The van der Waals surface area contributed by atoms with Crippen molar-refractivity contribution in [1.82, 2.24) is 24.9 Å². The molecule has 1 fully saturated rings. The number of hydroxylamine groups is 1. The smallest absolute Gasteiger partial charge is 0.257 e. The van der Waals surface area contributed by atoms with Gasteiger partial charge in [-0.3, -0.25) is 9.63 Å². The zero-order chi connectivity index (χ0) is 20.2. The number of hydrogen-bond acceptors (Lipinski definition) is 7. The van der Waals surface area contributed by atoms with Crippen LogP contribution in [0.1, 0.15) is 47.8 Å². The van der Waals surface area contributed by atoms with Crippen molar-refractivity contribution in [2.75, 3.05) is 18.3 Å². The SMILES string of the molecule is Cc1cnc2c(c1)[C@@H]1CCON1c1ccn3ncc(c3n1)C(=O)NC(C)(C)CO2. The summed E-state index contributed by atoms with van der Waals surface area (Å²) in [7, 11) is 0. The van der Waals surface area contributed by atoms with Crippen LogP contribution in [0.15, 0.2) is 30.7 Å². The minimum atomic E-state index is -0.618. The highest BCUT2D eigenvalue weighted by molar-refractivity contribution is 6.00. The van der Waals surface area contributed by atoms with Gasteiger partial charge in [-0.1, -0.05) is 0 Å². The molecule has 0 radical (unpaired) electrons. The Labute approximate surface area is 167 Å². The molecule has 2 bridgehead atoms. The van der Waals surface area contributed by atoms with Crippen molar-refractivity contribution in [3.05, 3.63) is 47.4 Å². The molecular formula is C20H22N6O3. The minimum Gasteiger partial charge on any atom is -0.475 e. The Bertz CT molecular complexity index is 1110. The van der Waals surface area contributed by atoms with Crippen molar-refractivity contribution in [2.24, 2.45) is 0 Å². The second kappa shape index (κ2) is 6.41. The lowest BCUT2D eigenvalue weighted by Gasteiger charge is -2.28. The first kappa shape index (κ1) is 17.9. The van der Waals surface area contributed by atoms with Gasteiger partial charge in [-0.15, -0.1) is 0 Å². The Balaban J connectivity index is 1.70. The number of anilines is 1. The van der Waals surface area contributed by atoms with Gasteiger partial charge in [0.25, 0.3) is 5.91 Å². The Kier molecular flexibility index (Phi) is 3.95. The summed E-state index contributed by atoms with van der Waals surface area (Å²) in [4.78, 5) is 28.0. The summed E-state index contributed by atoms with van der Waals surface area (Å²) in [5, 5.41) is 9.05. The highest BCUT2D eigenvalue weighted by atomic mass is 16.7. The molecule has 150 valence electrons. The van der Waals surface area contributed by atoms with Crippen molar-refractivity contribution in [2.45, 2.75) is 38.8 Å². The maximum absolute atomic E-state index is 12.9. The van der Waals surface area contributed by atoms with Crippen LogP contribution in [-0.2, 0) is 4.84 Å². The molecule has 0 aliphatic carbocycles.